The first kappa shape index (κ1) is 18.1. The van der Waals surface area contributed by atoms with Gasteiger partial charge in [0.25, 0.3) is 0 Å². The largest absolute Gasteiger partial charge is 0.493 e. The van der Waals surface area contributed by atoms with Crippen LogP contribution in [-0.2, 0) is 11.3 Å². The van der Waals surface area contributed by atoms with Gasteiger partial charge < -0.3 is 24.8 Å². The van der Waals surface area contributed by atoms with Gasteiger partial charge in [-0.05, 0) is 31.5 Å². The number of hydrogen-bond donors (Lipinski definition) is 2. The van der Waals surface area contributed by atoms with E-state index >= 15 is 0 Å². The number of aliphatic imine (C=N–C) groups is 1. The van der Waals surface area contributed by atoms with Gasteiger partial charge >= 0.3 is 0 Å². The Morgan fingerprint density at radius 3 is 2.59 bits per heavy atom. The molecule has 1 rings (SSSR count). The van der Waals surface area contributed by atoms with Crippen LogP contribution in [0.15, 0.2) is 23.2 Å². The van der Waals surface area contributed by atoms with E-state index in [1.54, 1.807) is 14.2 Å². The van der Waals surface area contributed by atoms with Gasteiger partial charge in [0.15, 0.2) is 17.5 Å². The molecule has 0 spiro atoms. The Kier molecular flexibility index (Phi) is 8.83. The molecule has 0 aliphatic heterocycles. The minimum Gasteiger partial charge on any atom is -0.493 e. The molecule has 6 nitrogen and oxygen atoms in total. The van der Waals surface area contributed by atoms with Crippen molar-refractivity contribution in [1.29, 1.82) is 0 Å². The Morgan fingerprint density at radius 2 is 1.95 bits per heavy atom. The van der Waals surface area contributed by atoms with Gasteiger partial charge in [-0.15, -0.1) is 0 Å². The molecule has 2 N–H and O–H groups in total. The quantitative estimate of drug-likeness (QED) is 0.414. The standard InChI is InChI=1S/C16H27N3O3/c1-5-17-16(18-9-10-20-3)19-12-13-7-8-14(22-6-2)15(11-13)21-4/h7-8,11H,5-6,9-10,12H2,1-4H3,(H2,17,18,19). The number of rotatable bonds is 9. The van der Waals surface area contributed by atoms with Gasteiger partial charge in [-0.3, -0.25) is 0 Å². The van der Waals surface area contributed by atoms with Crippen molar-refractivity contribution in [3.63, 3.8) is 0 Å². The monoisotopic (exact) mass is 309 g/mol. The van der Waals surface area contributed by atoms with Crippen LogP contribution in [0.3, 0.4) is 0 Å². The van der Waals surface area contributed by atoms with Crippen LogP contribution < -0.4 is 20.1 Å². The summed E-state index contributed by atoms with van der Waals surface area (Å²) >= 11 is 0. The lowest BCUT2D eigenvalue weighted by Gasteiger charge is -2.12. The molecular formula is C16H27N3O3. The highest BCUT2D eigenvalue weighted by Crippen LogP contribution is 2.28. The van der Waals surface area contributed by atoms with Crippen LogP contribution in [0.25, 0.3) is 0 Å². The fourth-order valence-corrected chi connectivity index (χ4v) is 1.87. The minimum absolute atomic E-state index is 0.561. The highest BCUT2D eigenvalue weighted by Gasteiger charge is 2.05. The molecule has 0 saturated heterocycles. The van der Waals surface area contributed by atoms with Gasteiger partial charge in [0.1, 0.15) is 0 Å². The van der Waals surface area contributed by atoms with E-state index in [2.05, 4.69) is 15.6 Å². The highest BCUT2D eigenvalue weighted by atomic mass is 16.5. The number of ether oxygens (including phenoxy) is 3. The number of methoxy groups -OCH3 is 2. The summed E-state index contributed by atoms with van der Waals surface area (Å²) in [6, 6.07) is 5.86. The third kappa shape index (κ3) is 6.22. The molecule has 0 aliphatic carbocycles. The predicted octanol–water partition coefficient (Wildman–Crippen LogP) is 1.80. The molecule has 0 fully saturated rings. The van der Waals surface area contributed by atoms with Crippen LogP contribution >= 0.6 is 0 Å². The molecule has 0 amide bonds. The lowest BCUT2D eigenvalue weighted by Crippen LogP contribution is -2.38. The smallest absolute Gasteiger partial charge is 0.191 e. The normalized spacial score (nSPS) is 11.2. The Hall–Kier alpha value is -1.95. The summed E-state index contributed by atoms with van der Waals surface area (Å²) < 4.78 is 15.9. The van der Waals surface area contributed by atoms with Crippen LogP contribution in [0, 0.1) is 0 Å². The summed E-state index contributed by atoms with van der Waals surface area (Å²) in [6.07, 6.45) is 0. The van der Waals surface area contributed by atoms with Crippen molar-refractivity contribution < 1.29 is 14.2 Å². The Labute approximate surface area is 132 Å². The van der Waals surface area contributed by atoms with Gasteiger partial charge in [-0.25, -0.2) is 4.99 Å². The summed E-state index contributed by atoms with van der Waals surface area (Å²) in [7, 11) is 3.32. The van der Waals surface area contributed by atoms with Gasteiger partial charge in [0.2, 0.25) is 0 Å². The Morgan fingerprint density at radius 1 is 1.14 bits per heavy atom. The molecule has 0 heterocycles. The van der Waals surface area contributed by atoms with Crippen LogP contribution in [-0.4, -0.2) is 46.5 Å². The minimum atomic E-state index is 0.561. The third-order valence-corrected chi connectivity index (χ3v) is 2.89. The molecule has 0 aromatic heterocycles. The average Bonchev–Trinajstić information content (AvgIpc) is 2.54. The first-order valence-electron chi connectivity index (χ1n) is 7.55. The van der Waals surface area contributed by atoms with Gasteiger partial charge in [0, 0.05) is 20.2 Å². The van der Waals surface area contributed by atoms with Gasteiger partial charge in [-0.1, -0.05) is 6.07 Å². The second kappa shape index (κ2) is 10.7. The van der Waals surface area contributed by atoms with Gasteiger partial charge in [-0.2, -0.15) is 0 Å². The fourth-order valence-electron chi connectivity index (χ4n) is 1.87. The van der Waals surface area contributed by atoms with Gasteiger partial charge in [0.05, 0.1) is 26.9 Å². The van der Waals surface area contributed by atoms with E-state index in [0.29, 0.717) is 19.8 Å². The number of benzene rings is 1. The van der Waals surface area contributed by atoms with E-state index in [1.165, 1.54) is 0 Å². The van der Waals surface area contributed by atoms with Crippen LogP contribution in [0.1, 0.15) is 19.4 Å². The molecule has 1 aromatic rings. The second-order valence-electron chi connectivity index (χ2n) is 4.53. The predicted molar refractivity (Wildman–Crippen MR) is 88.9 cm³/mol. The van der Waals surface area contributed by atoms with E-state index in [9.17, 15) is 0 Å². The maximum atomic E-state index is 5.51. The molecule has 1 aromatic carbocycles. The number of nitrogens with one attached hydrogen (secondary N) is 2. The van der Waals surface area contributed by atoms with Crippen molar-refractivity contribution in [2.24, 2.45) is 4.99 Å². The van der Waals surface area contributed by atoms with Crippen LogP contribution in [0.4, 0.5) is 0 Å². The zero-order chi connectivity index (χ0) is 16.2. The topological polar surface area (TPSA) is 64.1 Å². The van der Waals surface area contributed by atoms with Crippen molar-refractivity contribution in [2.45, 2.75) is 20.4 Å². The third-order valence-electron chi connectivity index (χ3n) is 2.89. The van der Waals surface area contributed by atoms with Crippen LogP contribution in [0.5, 0.6) is 11.5 Å². The molecular weight excluding hydrogens is 282 g/mol. The molecule has 0 atom stereocenters. The zero-order valence-corrected chi connectivity index (χ0v) is 13.9. The molecule has 0 unspecified atom stereocenters. The molecule has 0 saturated carbocycles. The number of hydrogen-bond acceptors (Lipinski definition) is 4. The molecule has 0 radical (unpaired) electrons. The lowest BCUT2D eigenvalue weighted by atomic mass is 10.2. The molecule has 0 aliphatic rings. The summed E-state index contributed by atoms with van der Waals surface area (Å²) in [6.45, 7) is 7.33. The van der Waals surface area contributed by atoms with Crippen LogP contribution in [0.2, 0.25) is 0 Å². The summed E-state index contributed by atoms with van der Waals surface area (Å²) in [4.78, 5) is 4.55. The van der Waals surface area contributed by atoms with E-state index in [4.69, 9.17) is 14.2 Å². The van der Waals surface area contributed by atoms with E-state index in [-0.39, 0.29) is 0 Å². The second-order valence-corrected chi connectivity index (χ2v) is 4.53. The molecule has 124 valence electrons. The zero-order valence-electron chi connectivity index (χ0n) is 13.9. The van der Waals surface area contributed by atoms with E-state index in [0.717, 1.165) is 36.1 Å². The highest BCUT2D eigenvalue weighted by molar-refractivity contribution is 5.79. The van der Waals surface area contributed by atoms with Crippen molar-refractivity contribution in [3.8, 4) is 11.5 Å². The first-order chi connectivity index (χ1) is 10.7. The molecule has 0 bridgehead atoms. The number of nitrogens with zero attached hydrogens (tertiary/aromatic N) is 1. The Bertz CT molecular complexity index is 464. The van der Waals surface area contributed by atoms with Crippen molar-refractivity contribution in [1.82, 2.24) is 10.6 Å². The maximum absolute atomic E-state index is 5.51. The summed E-state index contributed by atoms with van der Waals surface area (Å²) in [5.74, 6) is 2.25. The van der Waals surface area contributed by atoms with E-state index < -0.39 is 0 Å². The fraction of sp³-hybridized carbons (Fsp3) is 0.562. The summed E-state index contributed by atoms with van der Waals surface area (Å²) in [5, 5.41) is 6.41. The maximum Gasteiger partial charge on any atom is 0.191 e. The first-order valence-corrected chi connectivity index (χ1v) is 7.55. The molecule has 22 heavy (non-hydrogen) atoms. The van der Waals surface area contributed by atoms with Crippen molar-refractivity contribution in [2.75, 3.05) is 40.5 Å². The Balaban J connectivity index is 2.71. The van der Waals surface area contributed by atoms with Crippen molar-refractivity contribution in [3.05, 3.63) is 23.8 Å². The van der Waals surface area contributed by atoms with E-state index in [1.807, 2.05) is 32.0 Å². The van der Waals surface area contributed by atoms with Crippen molar-refractivity contribution >= 4 is 5.96 Å². The number of guanidine groups is 1. The average molecular weight is 309 g/mol. The lowest BCUT2D eigenvalue weighted by molar-refractivity contribution is 0.203. The SMILES string of the molecule is CCNC(=NCc1ccc(OCC)c(OC)c1)NCCOC. The molecule has 6 heteroatoms. The summed E-state index contributed by atoms with van der Waals surface area (Å²) in [5.41, 5.74) is 1.06.